The van der Waals surface area contributed by atoms with E-state index >= 15 is 0 Å². The Morgan fingerprint density at radius 1 is 1.58 bits per heavy atom. The number of nitrogens with one attached hydrogen (secondary N) is 2. The van der Waals surface area contributed by atoms with Crippen LogP contribution in [0.3, 0.4) is 0 Å². The van der Waals surface area contributed by atoms with Crippen LogP contribution < -0.4 is 5.48 Å². The molecule has 0 spiro atoms. The molecular weight excluding hydrogens is 154 g/mol. The average molecular weight is 169 g/mol. The Morgan fingerprint density at radius 3 is 2.75 bits per heavy atom. The lowest BCUT2D eigenvalue weighted by atomic mass is 9.90. The molecule has 1 rings (SSSR count). The van der Waals surface area contributed by atoms with Gasteiger partial charge in [0, 0.05) is 23.2 Å². The van der Waals surface area contributed by atoms with Crippen molar-refractivity contribution in [2.45, 2.75) is 32.7 Å². The summed E-state index contributed by atoms with van der Waals surface area (Å²) in [7, 11) is 0. The molecular formula is C8H15N3O. The van der Waals surface area contributed by atoms with Gasteiger partial charge in [-0.05, 0) is 0 Å². The quantitative estimate of drug-likeness (QED) is 0.583. The Labute approximate surface area is 72.0 Å². The Balaban J connectivity index is 2.91. The second-order valence-corrected chi connectivity index (χ2v) is 3.86. The van der Waals surface area contributed by atoms with Crippen LogP contribution in [0.2, 0.25) is 0 Å². The molecule has 12 heavy (non-hydrogen) atoms. The van der Waals surface area contributed by atoms with Crippen LogP contribution in [0.15, 0.2) is 6.20 Å². The SMILES string of the molecule is CC(C)(C)c1[nH]ncc1CNO. The molecule has 1 heterocycles. The molecule has 4 heteroatoms. The Bertz CT molecular complexity index is 249. The summed E-state index contributed by atoms with van der Waals surface area (Å²) in [5, 5.41) is 15.4. The highest BCUT2D eigenvalue weighted by Crippen LogP contribution is 2.22. The predicted molar refractivity (Wildman–Crippen MR) is 45.9 cm³/mol. The first kappa shape index (κ1) is 9.22. The number of hydrogen-bond acceptors (Lipinski definition) is 3. The fourth-order valence-electron chi connectivity index (χ4n) is 1.18. The maximum atomic E-state index is 8.54. The lowest BCUT2D eigenvalue weighted by Gasteiger charge is -2.17. The highest BCUT2D eigenvalue weighted by Gasteiger charge is 2.19. The Hall–Kier alpha value is -0.870. The number of aromatic amines is 1. The predicted octanol–water partition coefficient (Wildman–Crippen LogP) is 1.19. The molecule has 0 aromatic carbocycles. The molecule has 0 bridgehead atoms. The van der Waals surface area contributed by atoms with Crippen molar-refractivity contribution in [1.29, 1.82) is 0 Å². The van der Waals surface area contributed by atoms with E-state index in [1.54, 1.807) is 6.20 Å². The summed E-state index contributed by atoms with van der Waals surface area (Å²) in [6, 6.07) is 0. The third-order valence-corrected chi connectivity index (χ3v) is 1.74. The van der Waals surface area contributed by atoms with E-state index in [1.165, 1.54) is 0 Å². The molecule has 1 aromatic heterocycles. The van der Waals surface area contributed by atoms with Crippen LogP contribution in [0.1, 0.15) is 32.0 Å². The molecule has 0 aliphatic heterocycles. The minimum Gasteiger partial charge on any atom is -0.316 e. The van der Waals surface area contributed by atoms with Gasteiger partial charge in [-0.15, -0.1) is 0 Å². The fraction of sp³-hybridized carbons (Fsp3) is 0.625. The van der Waals surface area contributed by atoms with Crippen molar-refractivity contribution in [2.24, 2.45) is 0 Å². The van der Waals surface area contributed by atoms with Crippen LogP contribution in [0.5, 0.6) is 0 Å². The molecule has 0 fully saturated rings. The lowest BCUT2D eigenvalue weighted by Crippen LogP contribution is -2.17. The second kappa shape index (κ2) is 3.25. The standard InChI is InChI=1S/C8H15N3O/c1-8(2,3)7-6(5-10-12)4-9-11-7/h4,10,12H,5H2,1-3H3,(H,9,11). The van der Waals surface area contributed by atoms with Crippen molar-refractivity contribution in [3.63, 3.8) is 0 Å². The summed E-state index contributed by atoms with van der Waals surface area (Å²) in [4.78, 5) is 0. The van der Waals surface area contributed by atoms with Gasteiger partial charge in [0.1, 0.15) is 0 Å². The minimum absolute atomic E-state index is 0.0443. The summed E-state index contributed by atoms with van der Waals surface area (Å²) in [6.45, 7) is 6.73. The second-order valence-electron chi connectivity index (χ2n) is 3.86. The summed E-state index contributed by atoms with van der Waals surface area (Å²) >= 11 is 0. The molecule has 0 radical (unpaired) electrons. The van der Waals surface area contributed by atoms with Gasteiger partial charge < -0.3 is 5.21 Å². The molecule has 0 amide bonds. The van der Waals surface area contributed by atoms with E-state index in [-0.39, 0.29) is 5.41 Å². The Morgan fingerprint density at radius 2 is 2.25 bits per heavy atom. The van der Waals surface area contributed by atoms with Gasteiger partial charge in [0.2, 0.25) is 0 Å². The summed E-state index contributed by atoms with van der Waals surface area (Å²) in [5.74, 6) is 0. The minimum atomic E-state index is 0.0443. The highest BCUT2D eigenvalue weighted by molar-refractivity contribution is 5.22. The van der Waals surface area contributed by atoms with E-state index in [4.69, 9.17) is 5.21 Å². The van der Waals surface area contributed by atoms with Crippen LogP contribution in [-0.4, -0.2) is 15.4 Å². The Kier molecular flexibility index (Phi) is 2.49. The van der Waals surface area contributed by atoms with E-state index in [9.17, 15) is 0 Å². The maximum absolute atomic E-state index is 8.54. The molecule has 0 aliphatic rings. The third kappa shape index (κ3) is 1.84. The summed E-state index contributed by atoms with van der Waals surface area (Å²) in [5.41, 5.74) is 4.23. The topological polar surface area (TPSA) is 60.9 Å². The molecule has 0 aliphatic carbocycles. The van der Waals surface area contributed by atoms with Crippen LogP contribution in [0.25, 0.3) is 0 Å². The van der Waals surface area contributed by atoms with Gasteiger partial charge >= 0.3 is 0 Å². The molecule has 68 valence electrons. The van der Waals surface area contributed by atoms with Crippen LogP contribution >= 0.6 is 0 Å². The van der Waals surface area contributed by atoms with Crippen molar-refractivity contribution in [1.82, 2.24) is 15.7 Å². The van der Waals surface area contributed by atoms with Gasteiger partial charge in [0.15, 0.2) is 0 Å². The molecule has 1 aromatic rings. The van der Waals surface area contributed by atoms with Crippen molar-refractivity contribution in [3.05, 3.63) is 17.5 Å². The van der Waals surface area contributed by atoms with E-state index in [0.29, 0.717) is 6.54 Å². The monoisotopic (exact) mass is 169 g/mol. The zero-order chi connectivity index (χ0) is 9.19. The highest BCUT2D eigenvalue weighted by atomic mass is 16.5. The maximum Gasteiger partial charge on any atom is 0.0536 e. The molecule has 0 atom stereocenters. The molecule has 0 unspecified atom stereocenters. The van der Waals surface area contributed by atoms with Crippen LogP contribution in [0.4, 0.5) is 0 Å². The summed E-state index contributed by atoms with van der Waals surface area (Å²) in [6.07, 6.45) is 1.73. The van der Waals surface area contributed by atoms with E-state index in [2.05, 4.69) is 36.4 Å². The van der Waals surface area contributed by atoms with Gasteiger partial charge in [0.05, 0.1) is 6.20 Å². The van der Waals surface area contributed by atoms with Crippen LogP contribution in [0, 0.1) is 0 Å². The molecule has 0 saturated heterocycles. The van der Waals surface area contributed by atoms with Gasteiger partial charge in [0.25, 0.3) is 0 Å². The largest absolute Gasteiger partial charge is 0.316 e. The number of aromatic nitrogens is 2. The third-order valence-electron chi connectivity index (χ3n) is 1.74. The molecule has 4 nitrogen and oxygen atoms in total. The van der Waals surface area contributed by atoms with E-state index in [1.807, 2.05) is 0 Å². The fourth-order valence-corrected chi connectivity index (χ4v) is 1.18. The number of hydroxylamine groups is 1. The molecule has 0 saturated carbocycles. The normalized spacial score (nSPS) is 12.0. The van der Waals surface area contributed by atoms with Gasteiger partial charge in [-0.3, -0.25) is 5.10 Å². The van der Waals surface area contributed by atoms with Crippen molar-refractivity contribution in [3.8, 4) is 0 Å². The average Bonchev–Trinajstić information content (AvgIpc) is 2.34. The van der Waals surface area contributed by atoms with Gasteiger partial charge in [-0.2, -0.15) is 5.10 Å². The first-order valence-corrected chi connectivity index (χ1v) is 3.95. The van der Waals surface area contributed by atoms with Gasteiger partial charge in [-0.25, -0.2) is 5.48 Å². The van der Waals surface area contributed by atoms with Crippen molar-refractivity contribution < 1.29 is 5.21 Å². The summed E-state index contributed by atoms with van der Waals surface area (Å²) < 4.78 is 0. The van der Waals surface area contributed by atoms with E-state index < -0.39 is 0 Å². The van der Waals surface area contributed by atoms with Crippen molar-refractivity contribution >= 4 is 0 Å². The smallest absolute Gasteiger partial charge is 0.0536 e. The van der Waals surface area contributed by atoms with E-state index in [0.717, 1.165) is 11.3 Å². The zero-order valence-electron chi connectivity index (χ0n) is 7.68. The first-order valence-electron chi connectivity index (χ1n) is 3.95. The van der Waals surface area contributed by atoms with Gasteiger partial charge in [-0.1, -0.05) is 20.8 Å². The first-order chi connectivity index (χ1) is 5.55. The van der Waals surface area contributed by atoms with Crippen LogP contribution in [-0.2, 0) is 12.0 Å². The number of rotatable bonds is 2. The molecule has 3 N–H and O–H groups in total. The number of nitrogens with zero attached hydrogens (tertiary/aromatic N) is 1. The zero-order valence-corrected chi connectivity index (χ0v) is 7.68. The lowest BCUT2D eigenvalue weighted by molar-refractivity contribution is 0.160. The number of hydrogen-bond donors (Lipinski definition) is 3. The van der Waals surface area contributed by atoms with Crippen molar-refractivity contribution in [2.75, 3.05) is 0 Å². The number of H-pyrrole nitrogens is 1.